The van der Waals surface area contributed by atoms with Gasteiger partial charge in [0.2, 0.25) is 5.91 Å². The van der Waals surface area contributed by atoms with Crippen molar-refractivity contribution in [2.75, 3.05) is 12.4 Å². The van der Waals surface area contributed by atoms with E-state index in [-0.39, 0.29) is 43.1 Å². The van der Waals surface area contributed by atoms with Crippen LogP contribution in [-0.2, 0) is 24.2 Å². The van der Waals surface area contributed by atoms with Gasteiger partial charge in [-0.25, -0.2) is 14.1 Å². The summed E-state index contributed by atoms with van der Waals surface area (Å²) in [6, 6.07) is 8.48. The molecule has 40 heavy (non-hydrogen) atoms. The van der Waals surface area contributed by atoms with Crippen LogP contribution < -0.4 is 15.4 Å². The molecule has 12 nitrogen and oxygen atoms in total. The van der Waals surface area contributed by atoms with Gasteiger partial charge in [0.25, 0.3) is 5.91 Å². The van der Waals surface area contributed by atoms with E-state index < -0.39 is 24.3 Å². The third kappa shape index (κ3) is 8.05. The summed E-state index contributed by atoms with van der Waals surface area (Å²) in [5, 5.41) is 20.3. The average Bonchev–Trinajstić information content (AvgIpc) is 3.57. The van der Waals surface area contributed by atoms with Crippen molar-refractivity contribution in [3.8, 4) is 11.4 Å². The Morgan fingerprint density at radius 2 is 1.90 bits per heavy atom. The summed E-state index contributed by atoms with van der Waals surface area (Å²) in [4.78, 5) is 28.0. The molecule has 0 unspecified atom stereocenters. The molecule has 0 spiro atoms. The van der Waals surface area contributed by atoms with Crippen LogP contribution in [0.4, 0.5) is 23.4 Å². The Balaban J connectivity index is 1.24. The summed E-state index contributed by atoms with van der Waals surface area (Å²) < 4.78 is 58.4. The topological polar surface area (TPSA) is 142 Å². The number of hydrogen-bond donors (Lipinski definition) is 2. The van der Waals surface area contributed by atoms with E-state index in [0.717, 1.165) is 0 Å². The number of nitrogens with zero attached hydrogens (tertiary/aromatic N) is 7. The Bertz CT molecular complexity index is 1450. The van der Waals surface area contributed by atoms with Gasteiger partial charge in [-0.05, 0) is 37.1 Å². The van der Waals surface area contributed by atoms with Crippen molar-refractivity contribution in [2.45, 2.75) is 38.3 Å². The minimum Gasteiger partial charge on any atom is -0.406 e. The first-order valence-electron chi connectivity index (χ1n) is 11.9. The van der Waals surface area contributed by atoms with E-state index in [2.05, 4.69) is 40.9 Å². The highest BCUT2D eigenvalue weighted by atomic mass is 19.4. The molecule has 0 saturated carbocycles. The second-order valence-electron chi connectivity index (χ2n) is 8.49. The number of alkyl halides is 4. The largest absolute Gasteiger partial charge is 0.573 e. The van der Waals surface area contributed by atoms with Gasteiger partial charge in [-0.2, -0.15) is 5.10 Å². The predicted molar refractivity (Wildman–Crippen MR) is 131 cm³/mol. The SMILES string of the molecule is CNC(=O)c1cn(C[C@H](F)CCc2ccc(NC(=O)Cc3cn(-c4cccc(OC(F)(F)F)c4)cn3)nn2)nn1. The number of carbonyl (C=O) groups is 2. The summed E-state index contributed by atoms with van der Waals surface area (Å²) in [6.07, 6.45) is -1.55. The van der Waals surface area contributed by atoms with Gasteiger partial charge in [0.15, 0.2) is 11.5 Å². The molecule has 3 heterocycles. The molecule has 0 radical (unpaired) electrons. The first kappa shape index (κ1) is 28.1. The molecular formula is C24H23F4N9O3. The summed E-state index contributed by atoms with van der Waals surface area (Å²) in [7, 11) is 1.46. The standard InChI is InChI=1S/C24H23F4N9O3/c1-29-23(39)20-13-37(35-33-20)11-15(25)5-6-16-7-8-21(34-32-16)31-22(38)9-17-12-36(14-30-17)18-3-2-4-19(10-18)40-24(26,27)28/h2-4,7-8,10,12-15H,5-6,9,11H2,1H3,(H,29,39)(H,31,34,38)/t15-/m1/s1. The highest BCUT2D eigenvalue weighted by Crippen LogP contribution is 2.24. The lowest BCUT2D eigenvalue weighted by molar-refractivity contribution is -0.274. The Hall–Kier alpha value is -4.89. The van der Waals surface area contributed by atoms with Gasteiger partial charge in [0, 0.05) is 19.3 Å². The Kier molecular flexibility index (Phi) is 8.66. The van der Waals surface area contributed by atoms with E-state index in [1.54, 1.807) is 12.1 Å². The van der Waals surface area contributed by atoms with E-state index in [1.165, 1.54) is 59.3 Å². The van der Waals surface area contributed by atoms with E-state index >= 15 is 0 Å². The van der Waals surface area contributed by atoms with Gasteiger partial charge in [-0.1, -0.05) is 11.3 Å². The van der Waals surface area contributed by atoms with Crippen molar-refractivity contribution in [3.63, 3.8) is 0 Å². The van der Waals surface area contributed by atoms with Crippen LogP contribution >= 0.6 is 0 Å². The number of benzene rings is 1. The fraction of sp³-hybridized carbons (Fsp3) is 0.292. The number of halogens is 4. The predicted octanol–water partition coefficient (Wildman–Crippen LogP) is 2.66. The van der Waals surface area contributed by atoms with Crippen LogP contribution in [0, 0.1) is 0 Å². The zero-order valence-corrected chi connectivity index (χ0v) is 21.0. The number of rotatable bonds is 11. The summed E-state index contributed by atoms with van der Waals surface area (Å²) >= 11 is 0. The number of imidazole rings is 1. The minimum absolute atomic E-state index is 0.0753. The molecular weight excluding hydrogens is 538 g/mol. The van der Waals surface area contributed by atoms with E-state index in [4.69, 9.17) is 0 Å². The molecule has 4 rings (SSSR count). The number of aromatic nitrogens is 7. The quantitative estimate of drug-likeness (QED) is 0.266. The van der Waals surface area contributed by atoms with E-state index in [1.807, 2.05) is 0 Å². The third-order valence-electron chi connectivity index (χ3n) is 5.41. The van der Waals surface area contributed by atoms with Crippen LogP contribution in [0.3, 0.4) is 0 Å². The third-order valence-corrected chi connectivity index (χ3v) is 5.41. The Morgan fingerprint density at radius 1 is 1.07 bits per heavy atom. The Labute approximate surface area is 224 Å². The molecule has 16 heteroatoms. The number of carbonyl (C=O) groups excluding carboxylic acids is 2. The first-order valence-corrected chi connectivity index (χ1v) is 11.9. The molecule has 0 fully saturated rings. The van der Waals surface area contributed by atoms with Gasteiger partial charge in [0.05, 0.1) is 42.6 Å². The Morgan fingerprint density at radius 3 is 2.62 bits per heavy atom. The van der Waals surface area contributed by atoms with Crippen LogP contribution in [-0.4, -0.2) is 66.1 Å². The van der Waals surface area contributed by atoms with Crippen molar-refractivity contribution < 1.29 is 31.9 Å². The zero-order chi connectivity index (χ0) is 28.7. The monoisotopic (exact) mass is 561 g/mol. The lowest BCUT2D eigenvalue weighted by atomic mass is 10.1. The average molecular weight is 562 g/mol. The van der Waals surface area contributed by atoms with Gasteiger partial charge in [0.1, 0.15) is 11.9 Å². The van der Waals surface area contributed by atoms with Crippen molar-refractivity contribution in [3.05, 3.63) is 72.2 Å². The van der Waals surface area contributed by atoms with Crippen molar-refractivity contribution >= 4 is 17.6 Å². The maximum Gasteiger partial charge on any atom is 0.573 e. The maximum absolute atomic E-state index is 14.4. The zero-order valence-electron chi connectivity index (χ0n) is 21.0. The fourth-order valence-electron chi connectivity index (χ4n) is 3.57. The maximum atomic E-state index is 14.4. The van der Waals surface area contributed by atoms with Crippen molar-refractivity contribution in [1.29, 1.82) is 0 Å². The van der Waals surface area contributed by atoms with Crippen LogP contribution in [0.1, 0.15) is 28.3 Å². The first-order chi connectivity index (χ1) is 19.1. The highest BCUT2D eigenvalue weighted by molar-refractivity contribution is 5.91. The molecule has 0 bridgehead atoms. The number of hydrogen-bond acceptors (Lipinski definition) is 8. The van der Waals surface area contributed by atoms with Crippen LogP contribution in [0.2, 0.25) is 0 Å². The van der Waals surface area contributed by atoms with Gasteiger partial charge < -0.3 is 19.9 Å². The van der Waals surface area contributed by atoms with Crippen LogP contribution in [0.5, 0.6) is 5.75 Å². The molecule has 0 saturated heterocycles. The molecule has 2 amide bonds. The van der Waals surface area contributed by atoms with Crippen molar-refractivity contribution in [2.24, 2.45) is 0 Å². The normalized spacial score (nSPS) is 12.1. The fourth-order valence-corrected chi connectivity index (χ4v) is 3.57. The lowest BCUT2D eigenvalue weighted by Crippen LogP contribution is -2.18. The van der Waals surface area contributed by atoms with Gasteiger partial charge in [-0.3, -0.25) is 9.59 Å². The molecule has 210 valence electrons. The number of ether oxygens (including phenoxy) is 1. The molecule has 3 aromatic heterocycles. The number of amides is 2. The lowest BCUT2D eigenvalue weighted by Gasteiger charge is -2.10. The highest BCUT2D eigenvalue weighted by Gasteiger charge is 2.31. The molecule has 1 atom stereocenters. The van der Waals surface area contributed by atoms with E-state index in [0.29, 0.717) is 17.1 Å². The summed E-state index contributed by atoms with van der Waals surface area (Å²) in [6.45, 7) is -0.0753. The minimum atomic E-state index is -4.81. The molecule has 1 aromatic carbocycles. The number of aryl methyl sites for hydroxylation is 1. The van der Waals surface area contributed by atoms with Crippen LogP contribution in [0.15, 0.2) is 55.1 Å². The molecule has 0 aliphatic rings. The van der Waals surface area contributed by atoms with Crippen molar-refractivity contribution in [1.82, 2.24) is 40.1 Å². The van der Waals surface area contributed by atoms with Crippen LogP contribution in [0.25, 0.3) is 5.69 Å². The summed E-state index contributed by atoms with van der Waals surface area (Å²) in [5.74, 6) is -1.04. The number of nitrogens with one attached hydrogen (secondary N) is 2. The molecule has 0 aliphatic heterocycles. The molecule has 2 N–H and O–H groups in total. The second kappa shape index (κ2) is 12.3. The second-order valence-corrected chi connectivity index (χ2v) is 8.49. The molecule has 4 aromatic rings. The number of anilines is 1. The smallest absolute Gasteiger partial charge is 0.406 e. The summed E-state index contributed by atoms with van der Waals surface area (Å²) in [5.41, 5.74) is 1.35. The van der Waals surface area contributed by atoms with Gasteiger partial charge >= 0.3 is 6.36 Å². The molecule has 0 aliphatic carbocycles. The van der Waals surface area contributed by atoms with E-state index in [9.17, 15) is 27.2 Å². The van der Waals surface area contributed by atoms with Gasteiger partial charge in [-0.15, -0.1) is 23.4 Å².